The predicted molar refractivity (Wildman–Crippen MR) is 144 cm³/mol. The molecule has 0 saturated carbocycles. The highest BCUT2D eigenvalue weighted by molar-refractivity contribution is 5.83. The Morgan fingerprint density at radius 1 is 1.00 bits per heavy atom. The van der Waals surface area contributed by atoms with Crippen molar-refractivity contribution < 1.29 is 28.8 Å². The molecule has 10 nitrogen and oxygen atoms in total. The first-order valence-electron chi connectivity index (χ1n) is 14.3. The second-order valence-electron chi connectivity index (χ2n) is 11.0. The Morgan fingerprint density at radius 2 is 1.74 bits per heavy atom. The molecule has 0 aromatic carbocycles. The van der Waals surface area contributed by atoms with Crippen LogP contribution < -0.4 is 16.0 Å². The molecule has 4 N–H and O–H groups in total. The van der Waals surface area contributed by atoms with Gasteiger partial charge in [0.25, 0.3) is 0 Å². The maximum Gasteiger partial charge on any atom is 0.243 e. The van der Waals surface area contributed by atoms with E-state index in [9.17, 15) is 9.90 Å². The lowest BCUT2D eigenvalue weighted by Crippen LogP contribution is -2.79. The third kappa shape index (κ3) is 8.08. The summed E-state index contributed by atoms with van der Waals surface area (Å²) in [5, 5.41) is 19.6. The summed E-state index contributed by atoms with van der Waals surface area (Å²) in [5.41, 5.74) is 4.32. The van der Waals surface area contributed by atoms with E-state index in [-0.39, 0.29) is 30.3 Å². The predicted octanol–water partition coefficient (Wildman–Crippen LogP) is 1.40. The van der Waals surface area contributed by atoms with Crippen LogP contribution >= 0.6 is 0 Å². The number of hydrogen-bond donors (Lipinski definition) is 4. The molecule has 0 spiro atoms. The van der Waals surface area contributed by atoms with E-state index >= 15 is 0 Å². The molecule has 2 aliphatic heterocycles. The number of nitrogens with zero attached hydrogens (tertiary/aromatic N) is 1. The molecule has 38 heavy (non-hydrogen) atoms. The van der Waals surface area contributed by atoms with Gasteiger partial charge in [-0.25, -0.2) is 0 Å². The van der Waals surface area contributed by atoms with Gasteiger partial charge in [0.1, 0.15) is 6.04 Å². The number of aliphatic hydroxyl groups is 1. The number of carbonyl (C=O) groups excluding carboxylic acids is 1. The first-order chi connectivity index (χ1) is 18.5. The SMILES string of the molecule is COCCOCCOCCOC1CCC=C(CCCN2C3CC(C)=C(C)CC3N[C@H]3C(=O)NC(O)NC32)C1. The summed E-state index contributed by atoms with van der Waals surface area (Å²) in [4.78, 5) is 15.1. The molecule has 4 aliphatic rings. The van der Waals surface area contributed by atoms with E-state index in [0.29, 0.717) is 45.7 Å². The zero-order valence-electron chi connectivity index (χ0n) is 23.4. The largest absolute Gasteiger partial charge is 0.382 e. The smallest absolute Gasteiger partial charge is 0.243 e. The Labute approximate surface area is 227 Å². The summed E-state index contributed by atoms with van der Waals surface area (Å²) in [6.07, 6.45) is 8.46. The number of hydrogen-bond acceptors (Lipinski definition) is 9. The molecule has 2 heterocycles. The summed E-state index contributed by atoms with van der Waals surface area (Å²) in [6.45, 7) is 8.83. The van der Waals surface area contributed by atoms with E-state index in [0.717, 1.165) is 51.5 Å². The molecule has 6 atom stereocenters. The molecule has 10 heteroatoms. The number of nitrogens with one attached hydrogen (secondary N) is 3. The minimum Gasteiger partial charge on any atom is -0.382 e. The van der Waals surface area contributed by atoms with E-state index in [1.54, 1.807) is 7.11 Å². The fourth-order valence-electron chi connectivity index (χ4n) is 6.18. The van der Waals surface area contributed by atoms with Crippen LogP contribution in [0.4, 0.5) is 0 Å². The molecule has 4 rings (SSSR count). The van der Waals surface area contributed by atoms with Gasteiger partial charge in [0.05, 0.1) is 51.9 Å². The van der Waals surface area contributed by atoms with Gasteiger partial charge in [-0.2, -0.15) is 0 Å². The van der Waals surface area contributed by atoms with Gasteiger partial charge in [-0.05, 0) is 58.8 Å². The van der Waals surface area contributed by atoms with Crippen LogP contribution in [0.3, 0.4) is 0 Å². The van der Waals surface area contributed by atoms with Gasteiger partial charge in [-0.3, -0.25) is 20.3 Å². The summed E-state index contributed by atoms with van der Waals surface area (Å²) in [5.74, 6) is -0.133. The fourth-order valence-corrected chi connectivity index (χ4v) is 6.18. The van der Waals surface area contributed by atoms with Crippen LogP contribution in [-0.4, -0.2) is 106 Å². The number of amides is 1. The van der Waals surface area contributed by atoms with Crippen molar-refractivity contribution in [2.24, 2.45) is 0 Å². The molecule has 0 aromatic rings. The Balaban J connectivity index is 1.21. The summed E-state index contributed by atoms with van der Waals surface area (Å²) < 4.78 is 22.1. The fraction of sp³-hybridized carbons (Fsp3) is 0.821. The maximum absolute atomic E-state index is 12.7. The number of piperazine rings is 1. The zero-order chi connectivity index (χ0) is 26.9. The molecule has 216 valence electrons. The molecule has 5 unspecified atom stereocenters. The van der Waals surface area contributed by atoms with Crippen molar-refractivity contribution in [3.8, 4) is 0 Å². The van der Waals surface area contributed by atoms with Crippen molar-refractivity contribution in [2.45, 2.75) is 95.5 Å². The minimum absolute atomic E-state index is 0.133. The Hall–Kier alpha value is -1.37. The highest BCUT2D eigenvalue weighted by Crippen LogP contribution is 2.34. The van der Waals surface area contributed by atoms with Gasteiger partial charge >= 0.3 is 0 Å². The zero-order valence-corrected chi connectivity index (χ0v) is 23.4. The standard InChI is InChI=1S/C28H48N4O6/c1-19-16-23-24(17-20(19)2)32(26-25(29-23)27(33)31-28(34)30-26)9-5-7-21-6-4-8-22(18-21)38-15-14-37-13-12-36-11-10-35-3/h6,22-26,28-30,34H,4-5,7-18H2,1-3H3,(H,31,33)/t22?,23?,24?,25-,26?,28?/m1/s1. The van der Waals surface area contributed by atoms with E-state index in [1.165, 1.54) is 16.7 Å². The van der Waals surface area contributed by atoms with E-state index in [1.807, 2.05) is 0 Å². The molecular formula is C28H48N4O6. The second-order valence-corrected chi connectivity index (χ2v) is 11.0. The van der Waals surface area contributed by atoms with Crippen LogP contribution in [0.15, 0.2) is 22.8 Å². The summed E-state index contributed by atoms with van der Waals surface area (Å²) in [7, 11) is 1.66. The van der Waals surface area contributed by atoms with Crippen LogP contribution in [0.1, 0.15) is 58.8 Å². The van der Waals surface area contributed by atoms with Crippen LogP contribution in [0.5, 0.6) is 0 Å². The lowest BCUT2D eigenvalue weighted by atomic mass is 9.81. The van der Waals surface area contributed by atoms with E-state index < -0.39 is 6.35 Å². The number of rotatable bonds is 14. The van der Waals surface area contributed by atoms with Crippen molar-refractivity contribution >= 4 is 5.91 Å². The number of methoxy groups -OCH3 is 1. The van der Waals surface area contributed by atoms with Crippen LogP contribution in [0.2, 0.25) is 0 Å². The van der Waals surface area contributed by atoms with Crippen molar-refractivity contribution in [1.29, 1.82) is 0 Å². The van der Waals surface area contributed by atoms with Crippen molar-refractivity contribution in [2.75, 3.05) is 53.3 Å². The van der Waals surface area contributed by atoms with Crippen LogP contribution in [-0.2, 0) is 23.7 Å². The third-order valence-electron chi connectivity index (χ3n) is 8.33. The van der Waals surface area contributed by atoms with Gasteiger partial charge in [-0.1, -0.05) is 22.8 Å². The van der Waals surface area contributed by atoms with E-state index in [4.69, 9.17) is 18.9 Å². The molecule has 1 amide bonds. The molecule has 0 aromatic heterocycles. The van der Waals surface area contributed by atoms with Gasteiger partial charge in [0.2, 0.25) is 5.91 Å². The second kappa shape index (κ2) is 14.9. The first kappa shape index (κ1) is 29.6. The molecule has 2 saturated heterocycles. The van der Waals surface area contributed by atoms with Crippen molar-refractivity contribution in [1.82, 2.24) is 20.9 Å². The first-order valence-corrected chi connectivity index (χ1v) is 14.3. The quantitative estimate of drug-likeness (QED) is 0.193. The molecule has 0 radical (unpaired) electrons. The highest BCUT2D eigenvalue weighted by Gasteiger charge is 2.49. The van der Waals surface area contributed by atoms with Gasteiger partial charge < -0.3 is 29.4 Å². The number of allylic oxidation sites excluding steroid dienone is 1. The van der Waals surface area contributed by atoms with Gasteiger partial charge in [0, 0.05) is 25.7 Å². The average Bonchev–Trinajstić information content (AvgIpc) is 2.89. The molecule has 2 fully saturated rings. The van der Waals surface area contributed by atoms with Gasteiger partial charge in [-0.15, -0.1) is 0 Å². The van der Waals surface area contributed by atoms with Crippen LogP contribution in [0.25, 0.3) is 0 Å². The van der Waals surface area contributed by atoms with E-state index in [2.05, 4.69) is 40.8 Å². The Kier molecular flexibility index (Phi) is 11.6. The normalized spacial score (nSPS) is 32.0. The van der Waals surface area contributed by atoms with Crippen molar-refractivity contribution in [3.63, 3.8) is 0 Å². The number of aliphatic hydroxyl groups excluding tert-OH is 1. The summed E-state index contributed by atoms with van der Waals surface area (Å²) in [6, 6.07) is 0.192. The minimum atomic E-state index is -1.02. The Bertz CT molecular complexity index is 836. The summed E-state index contributed by atoms with van der Waals surface area (Å²) >= 11 is 0. The lowest BCUT2D eigenvalue weighted by Gasteiger charge is -2.54. The maximum atomic E-state index is 12.7. The molecule has 0 bridgehead atoms. The molecule has 2 aliphatic carbocycles. The topological polar surface area (TPSA) is 114 Å². The monoisotopic (exact) mass is 536 g/mol. The molecular weight excluding hydrogens is 488 g/mol. The number of ether oxygens (including phenoxy) is 4. The highest BCUT2D eigenvalue weighted by atomic mass is 16.6. The average molecular weight is 537 g/mol. The number of fused-ring (bicyclic) bond motifs is 2. The van der Waals surface area contributed by atoms with Crippen molar-refractivity contribution in [3.05, 3.63) is 22.8 Å². The van der Waals surface area contributed by atoms with Gasteiger partial charge in [0.15, 0.2) is 6.35 Å². The Morgan fingerprint density at radius 3 is 2.53 bits per heavy atom. The number of carbonyl (C=O) groups is 1. The third-order valence-corrected chi connectivity index (χ3v) is 8.33. The van der Waals surface area contributed by atoms with Crippen LogP contribution in [0, 0.1) is 0 Å². The lowest BCUT2D eigenvalue weighted by molar-refractivity contribution is -0.142.